The topological polar surface area (TPSA) is 25.2 Å². The van der Waals surface area contributed by atoms with Crippen molar-refractivity contribution in [2.75, 3.05) is 6.54 Å². The normalized spacial score (nSPS) is 16.8. The number of fused-ring (bicyclic) bond motifs is 1. The molecule has 1 unspecified atom stereocenters. The van der Waals surface area contributed by atoms with Crippen LogP contribution in [0, 0.1) is 12.7 Å². The van der Waals surface area contributed by atoms with Gasteiger partial charge in [-0.25, -0.2) is 4.39 Å². The lowest BCUT2D eigenvalue weighted by Crippen LogP contribution is -2.36. The molecule has 4 rings (SSSR count). The average molecular weight is 348 g/mol. The van der Waals surface area contributed by atoms with Gasteiger partial charge in [-0.2, -0.15) is 0 Å². The van der Waals surface area contributed by atoms with Crippen LogP contribution in [0.4, 0.5) is 4.39 Å². The third-order valence-electron chi connectivity index (χ3n) is 5.07. The minimum Gasteiger partial charge on any atom is -0.349 e. The van der Waals surface area contributed by atoms with Gasteiger partial charge in [-0.3, -0.25) is 4.79 Å². The Bertz CT molecular complexity index is 947. The molecule has 1 aromatic heterocycles. The molecule has 0 radical (unpaired) electrons. The Morgan fingerprint density at radius 3 is 2.69 bits per heavy atom. The van der Waals surface area contributed by atoms with Crippen LogP contribution in [0.3, 0.4) is 0 Å². The smallest absolute Gasteiger partial charge is 0.254 e. The van der Waals surface area contributed by atoms with E-state index >= 15 is 0 Å². The van der Waals surface area contributed by atoms with Gasteiger partial charge in [-0.05, 0) is 54.8 Å². The summed E-state index contributed by atoms with van der Waals surface area (Å²) in [7, 11) is 0. The Morgan fingerprint density at radius 2 is 1.88 bits per heavy atom. The van der Waals surface area contributed by atoms with Gasteiger partial charge in [0.1, 0.15) is 5.82 Å². The highest BCUT2D eigenvalue weighted by Gasteiger charge is 2.32. The lowest BCUT2D eigenvalue weighted by molar-refractivity contribution is 0.0708. The van der Waals surface area contributed by atoms with Crippen molar-refractivity contribution in [1.29, 1.82) is 0 Å². The lowest BCUT2D eigenvalue weighted by Gasteiger charge is -2.32. The van der Waals surface area contributed by atoms with Crippen molar-refractivity contribution in [2.45, 2.75) is 25.9 Å². The molecule has 1 amide bonds. The Hall–Kier alpha value is -2.88. The predicted octanol–water partition coefficient (Wildman–Crippen LogP) is 4.57. The van der Waals surface area contributed by atoms with Gasteiger partial charge in [-0.15, -0.1) is 0 Å². The molecule has 0 aliphatic carbocycles. The highest BCUT2D eigenvalue weighted by atomic mass is 19.1. The number of amides is 1. The molecule has 132 valence electrons. The fourth-order valence-corrected chi connectivity index (χ4v) is 3.81. The van der Waals surface area contributed by atoms with E-state index < -0.39 is 0 Å². The molecule has 0 N–H and O–H groups in total. The lowest BCUT2D eigenvalue weighted by atomic mass is 9.96. The van der Waals surface area contributed by atoms with Crippen LogP contribution < -0.4 is 0 Å². The second-order valence-corrected chi connectivity index (χ2v) is 6.75. The maximum absolute atomic E-state index is 13.7. The molecule has 1 aliphatic rings. The summed E-state index contributed by atoms with van der Waals surface area (Å²) in [5.41, 5.74) is 3.74. The van der Waals surface area contributed by atoms with Crippen LogP contribution >= 0.6 is 0 Å². The van der Waals surface area contributed by atoms with Crippen LogP contribution in [-0.4, -0.2) is 21.9 Å². The van der Waals surface area contributed by atoms with E-state index in [2.05, 4.69) is 35.9 Å². The molecule has 1 atom stereocenters. The third kappa shape index (κ3) is 2.92. The van der Waals surface area contributed by atoms with Crippen LogP contribution in [0.5, 0.6) is 0 Å². The van der Waals surface area contributed by atoms with E-state index in [0.717, 1.165) is 29.8 Å². The van der Waals surface area contributed by atoms with E-state index in [4.69, 9.17) is 0 Å². The van der Waals surface area contributed by atoms with Crippen molar-refractivity contribution in [2.24, 2.45) is 0 Å². The van der Waals surface area contributed by atoms with Crippen LogP contribution in [-0.2, 0) is 6.54 Å². The summed E-state index contributed by atoms with van der Waals surface area (Å²) >= 11 is 0. The minimum atomic E-state index is -0.388. The van der Waals surface area contributed by atoms with E-state index in [1.54, 1.807) is 12.1 Å². The van der Waals surface area contributed by atoms with Crippen molar-refractivity contribution in [3.8, 4) is 0 Å². The highest BCUT2D eigenvalue weighted by Crippen LogP contribution is 2.34. The first kappa shape index (κ1) is 16.6. The summed E-state index contributed by atoms with van der Waals surface area (Å²) in [6.45, 7) is 3.58. The van der Waals surface area contributed by atoms with Crippen LogP contribution in [0.2, 0.25) is 0 Å². The zero-order valence-corrected chi connectivity index (χ0v) is 14.7. The van der Waals surface area contributed by atoms with E-state index in [1.807, 2.05) is 23.1 Å². The molecule has 3 aromatic rings. The molecule has 3 nitrogen and oxygen atoms in total. The van der Waals surface area contributed by atoms with E-state index in [9.17, 15) is 9.18 Å². The molecule has 0 fully saturated rings. The fraction of sp³-hybridized carbons (Fsp3) is 0.227. The molecule has 2 heterocycles. The van der Waals surface area contributed by atoms with Gasteiger partial charge < -0.3 is 9.47 Å². The number of hydrogen-bond acceptors (Lipinski definition) is 1. The van der Waals surface area contributed by atoms with Crippen molar-refractivity contribution >= 4 is 5.91 Å². The summed E-state index contributed by atoms with van der Waals surface area (Å²) < 4.78 is 15.9. The number of carbonyl (C=O) groups is 1. The van der Waals surface area contributed by atoms with Crippen molar-refractivity contribution in [3.05, 3.63) is 95.1 Å². The number of halogens is 1. The van der Waals surface area contributed by atoms with Gasteiger partial charge in [0.2, 0.25) is 0 Å². The van der Waals surface area contributed by atoms with Gasteiger partial charge in [0.15, 0.2) is 0 Å². The molecular weight excluding hydrogens is 327 g/mol. The Labute approximate surface area is 152 Å². The zero-order valence-electron chi connectivity index (χ0n) is 14.7. The Morgan fingerprint density at radius 1 is 1.04 bits per heavy atom. The number of hydrogen-bond donors (Lipinski definition) is 0. The number of nitrogens with zero attached hydrogens (tertiary/aromatic N) is 2. The SMILES string of the molecule is Cc1ccccc1C1c2cccn2CCCN1C(=O)c1cccc(F)c1. The molecule has 1 aliphatic heterocycles. The highest BCUT2D eigenvalue weighted by molar-refractivity contribution is 5.94. The summed E-state index contributed by atoms with van der Waals surface area (Å²) in [6, 6.07) is 18.0. The molecule has 4 heteroatoms. The molecule has 0 saturated carbocycles. The Balaban J connectivity index is 1.84. The molecule has 26 heavy (non-hydrogen) atoms. The summed E-state index contributed by atoms with van der Waals surface area (Å²) in [6.07, 6.45) is 2.93. The minimum absolute atomic E-state index is 0.132. The largest absolute Gasteiger partial charge is 0.349 e. The predicted molar refractivity (Wildman–Crippen MR) is 99.5 cm³/mol. The molecule has 0 spiro atoms. The van der Waals surface area contributed by atoms with Gasteiger partial charge >= 0.3 is 0 Å². The number of aromatic nitrogens is 1. The van der Waals surface area contributed by atoms with Gasteiger partial charge in [0.25, 0.3) is 5.91 Å². The first-order valence-corrected chi connectivity index (χ1v) is 8.92. The maximum atomic E-state index is 13.7. The van der Waals surface area contributed by atoms with E-state index in [-0.39, 0.29) is 17.8 Å². The first-order valence-electron chi connectivity index (χ1n) is 8.92. The summed E-state index contributed by atoms with van der Waals surface area (Å²) in [4.78, 5) is 15.2. The second kappa shape index (κ2) is 6.79. The van der Waals surface area contributed by atoms with Crippen molar-refractivity contribution < 1.29 is 9.18 Å². The van der Waals surface area contributed by atoms with Gasteiger partial charge in [-0.1, -0.05) is 30.3 Å². The Kier molecular flexibility index (Phi) is 4.33. The van der Waals surface area contributed by atoms with Crippen LogP contribution in [0.1, 0.15) is 39.6 Å². The quantitative estimate of drug-likeness (QED) is 0.666. The molecule has 2 aromatic carbocycles. The number of rotatable bonds is 2. The fourth-order valence-electron chi connectivity index (χ4n) is 3.81. The van der Waals surface area contributed by atoms with Gasteiger partial charge in [0.05, 0.1) is 6.04 Å². The zero-order chi connectivity index (χ0) is 18.1. The number of carbonyl (C=O) groups excluding carboxylic acids is 1. The van der Waals surface area contributed by atoms with E-state index in [0.29, 0.717) is 12.1 Å². The average Bonchev–Trinajstić information content (AvgIpc) is 3.02. The third-order valence-corrected chi connectivity index (χ3v) is 5.07. The van der Waals surface area contributed by atoms with Crippen molar-refractivity contribution in [3.63, 3.8) is 0 Å². The molecular formula is C22H21FN2O. The summed E-state index contributed by atoms with van der Waals surface area (Å²) in [5.74, 6) is -0.520. The molecule has 0 saturated heterocycles. The van der Waals surface area contributed by atoms with E-state index in [1.165, 1.54) is 12.1 Å². The van der Waals surface area contributed by atoms with Crippen LogP contribution in [0.25, 0.3) is 0 Å². The maximum Gasteiger partial charge on any atom is 0.254 e. The molecule has 0 bridgehead atoms. The van der Waals surface area contributed by atoms with Crippen molar-refractivity contribution in [1.82, 2.24) is 9.47 Å². The monoisotopic (exact) mass is 348 g/mol. The number of benzene rings is 2. The van der Waals surface area contributed by atoms with Gasteiger partial charge in [0, 0.05) is 30.5 Å². The second-order valence-electron chi connectivity index (χ2n) is 6.75. The first-order chi connectivity index (χ1) is 12.6. The standard InChI is InChI=1S/C22H21FN2O/c1-16-7-2-3-10-19(16)21-20-11-5-12-24(20)13-6-14-25(21)22(26)17-8-4-9-18(23)15-17/h2-5,7-12,15,21H,6,13-14H2,1H3. The summed E-state index contributed by atoms with van der Waals surface area (Å²) in [5, 5.41) is 0. The number of aryl methyl sites for hydroxylation is 2. The van der Waals surface area contributed by atoms with Crippen LogP contribution in [0.15, 0.2) is 66.9 Å².